The monoisotopic (exact) mass is 386 g/mol. The van der Waals surface area contributed by atoms with Crippen LogP contribution in [0.1, 0.15) is 32.6 Å². The molecule has 0 radical (unpaired) electrons. The summed E-state index contributed by atoms with van der Waals surface area (Å²) in [6.07, 6.45) is 3.66. The van der Waals surface area contributed by atoms with Gasteiger partial charge in [0.15, 0.2) is 0 Å². The SMILES string of the molecule is CC(=O)NCCCCCCNC(=O)CNNCC(=O)C(=O)CNC(=O)CN. The van der Waals surface area contributed by atoms with Gasteiger partial charge in [0.1, 0.15) is 0 Å². The third kappa shape index (κ3) is 15.6. The molecule has 0 bridgehead atoms. The molecule has 0 unspecified atom stereocenters. The Morgan fingerprint density at radius 2 is 1.22 bits per heavy atom. The molecule has 7 N–H and O–H groups in total. The number of carbonyl (C=O) groups excluding carboxylic acids is 5. The largest absolute Gasteiger partial charge is 0.356 e. The molecule has 0 aliphatic carbocycles. The van der Waals surface area contributed by atoms with E-state index in [1.54, 1.807) is 0 Å². The molecule has 154 valence electrons. The molecule has 0 saturated carbocycles. The Morgan fingerprint density at radius 1 is 0.667 bits per heavy atom. The number of amides is 3. The van der Waals surface area contributed by atoms with Crippen molar-refractivity contribution in [3.8, 4) is 0 Å². The van der Waals surface area contributed by atoms with E-state index in [-0.39, 0.29) is 31.4 Å². The second-order valence-corrected chi connectivity index (χ2v) is 5.78. The van der Waals surface area contributed by atoms with Crippen LogP contribution >= 0.6 is 0 Å². The molecule has 0 aliphatic rings. The first-order valence-electron chi connectivity index (χ1n) is 8.86. The molecule has 11 heteroatoms. The van der Waals surface area contributed by atoms with Crippen LogP contribution < -0.4 is 32.5 Å². The predicted molar refractivity (Wildman–Crippen MR) is 98.2 cm³/mol. The van der Waals surface area contributed by atoms with Gasteiger partial charge in [0, 0.05) is 20.0 Å². The van der Waals surface area contributed by atoms with Crippen molar-refractivity contribution in [1.82, 2.24) is 26.8 Å². The second kappa shape index (κ2) is 15.9. The quantitative estimate of drug-likeness (QED) is 0.0931. The summed E-state index contributed by atoms with van der Waals surface area (Å²) in [4.78, 5) is 56.0. The average Bonchev–Trinajstić information content (AvgIpc) is 2.64. The first kappa shape index (κ1) is 24.6. The summed E-state index contributed by atoms with van der Waals surface area (Å²) in [6.45, 7) is 1.69. The van der Waals surface area contributed by atoms with Gasteiger partial charge in [0.2, 0.25) is 29.3 Å². The van der Waals surface area contributed by atoms with E-state index < -0.39 is 24.0 Å². The van der Waals surface area contributed by atoms with Crippen LogP contribution in [0.25, 0.3) is 0 Å². The van der Waals surface area contributed by atoms with Gasteiger partial charge in [-0.05, 0) is 12.8 Å². The Morgan fingerprint density at radius 3 is 1.81 bits per heavy atom. The van der Waals surface area contributed by atoms with Crippen molar-refractivity contribution in [3.05, 3.63) is 0 Å². The number of nitrogens with one attached hydrogen (secondary N) is 5. The number of carbonyl (C=O) groups is 5. The van der Waals surface area contributed by atoms with Gasteiger partial charge in [0.05, 0.1) is 26.2 Å². The van der Waals surface area contributed by atoms with E-state index in [0.29, 0.717) is 13.1 Å². The molecule has 3 amide bonds. The summed E-state index contributed by atoms with van der Waals surface area (Å²) in [5.74, 6) is -2.28. The van der Waals surface area contributed by atoms with Gasteiger partial charge in [-0.1, -0.05) is 12.8 Å². The number of nitrogens with two attached hydrogens (primary N) is 1. The number of hydrogen-bond acceptors (Lipinski definition) is 8. The summed E-state index contributed by atoms with van der Waals surface area (Å²) >= 11 is 0. The minimum atomic E-state index is -0.756. The van der Waals surface area contributed by atoms with Gasteiger partial charge in [-0.3, -0.25) is 24.0 Å². The Bertz CT molecular complexity index is 512. The van der Waals surface area contributed by atoms with Crippen molar-refractivity contribution in [2.75, 3.05) is 39.3 Å². The zero-order valence-corrected chi connectivity index (χ0v) is 15.7. The fourth-order valence-electron chi connectivity index (χ4n) is 1.89. The van der Waals surface area contributed by atoms with Crippen molar-refractivity contribution in [3.63, 3.8) is 0 Å². The number of Topliss-reactive ketones (excluding diaryl/α,β-unsaturated/α-hetero) is 2. The molecule has 0 aromatic rings. The minimum Gasteiger partial charge on any atom is -0.356 e. The van der Waals surface area contributed by atoms with E-state index in [1.807, 2.05) is 0 Å². The predicted octanol–water partition coefficient (Wildman–Crippen LogP) is -2.89. The fourth-order valence-corrected chi connectivity index (χ4v) is 1.89. The smallest absolute Gasteiger partial charge is 0.235 e. The van der Waals surface area contributed by atoms with E-state index in [1.165, 1.54) is 6.92 Å². The minimum absolute atomic E-state index is 0.0344. The molecule has 0 aromatic heterocycles. The lowest BCUT2D eigenvalue weighted by Crippen LogP contribution is -2.45. The van der Waals surface area contributed by atoms with Crippen molar-refractivity contribution >= 4 is 29.3 Å². The molecule has 0 spiro atoms. The maximum absolute atomic E-state index is 11.6. The first-order valence-corrected chi connectivity index (χ1v) is 8.86. The molecule has 0 atom stereocenters. The summed E-state index contributed by atoms with van der Waals surface area (Å²) in [5.41, 5.74) is 10.1. The lowest BCUT2D eigenvalue weighted by molar-refractivity contribution is -0.136. The van der Waals surface area contributed by atoms with Crippen LogP contribution in [0.4, 0.5) is 0 Å². The highest BCUT2D eigenvalue weighted by molar-refractivity contribution is 6.39. The first-order chi connectivity index (χ1) is 12.9. The molecular weight excluding hydrogens is 356 g/mol. The molecular formula is C16H30N6O5. The Balaban J connectivity index is 3.55. The number of rotatable bonds is 16. The second-order valence-electron chi connectivity index (χ2n) is 5.78. The van der Waals surface area contributed by atoms with Crippen molar-refractivity contribution in [2.24, 2.45) is 5.73 Å². The highest BCUT2D eigenvalue weighted by Crippen LogP contribution is 1.97. The van der Waals surface area contributed by atoms with Crippen molar-refractivity contribution in [1.29, 1.82) is 0 Å². The highest BCUT2D eigenvalue weighted by Gasteiger charge is 2.13. The summed E-state index contributed by atoms with van der Waals surface area (Å²) in [6, 6.07) is 0. The van der Waals surface area contributed by atoms with Gasteiger partial charge in [-0.15, -0.1) is 0 Å². The summed E-state index contributed by atoms with van der Waals surface area (Å²) in [5, 5.41) is 7.65. The highest BCUT2D eigenvalue weighted by atomic mass is 16.2. The van der Waals surface area contributed by atoms with Crippen LogP contribution in [0, 0.1) is 0 Å². The molecule has 0 aromatic carbocycles. The van der Waals surface area contributed by atoms with Gasteiger partial charge in [0.25, 0.3) is 0 Å². The van der Waals surface area contributed by atoms with Crippen molar-refractivity contribution in [2.45, 2.75) is 32.6 Å². The standard InChI is InChI=1S/C16H30N6O5/c1-12(23)18-6-4-2-3-5-7-19-16(27)11-22-21-10-14(25)13(24)9-20-15(26)8-17/h21-22H,2-11,17H2,1H3,(H,18,23)(H,19,27)(H,20,26). The number of hydrogen-bond donors (Lipinski definition) is 6. The average molecular weight is 386 g/mol. The van der Waals surface area contributed by atoms with E-state index in [0.717, 1.165) is 25.7 Å². The van der Waals surface area contributed by atoms with E-state index >= 15 is 0 Å². The Hall–Kier alpha value is -2.37. The number of hydrazine groups is 1. The zero-order valence-electron chi connectivity index (χ0n) is 15.7. The van der Waals surface area contributed by atoms with Crippen LogP contribution in [0.2, 0.25) is 0 Å². The number of unbranched alkanes of at least 4 members (excludes halogenated alkanes) is 3. The van der Waals surface area contributed by atoms with Crippen LogP contribution in [0.3, 0.4) is 0 Å². The Kier molecular flexibility index (Phi) is 14.5. The third-order valence-corrected chi connectivity index (χ3v) is 3.37. The van der Waals surface area contributed by atoms with Gasteiger partial charge in [-0.25, -0.2) is 10.9 Å². The maximum atomic E-state index is 11.6. The lowest BCUT2D eigenvalue weighted by Gasteiger charge is -2.08. The maximum Gasteiger partial charge on any atom is 0.235 e. The van der Waals surface area contributed by atoms with E-state index in [2.05, 4.69) is 26.8 Å². The molecule has 0 heterocycles. The van der Waals surface area contributed by atoms with E-state index in [9.17, 15) is 24.0 Å². The molecule has 0 aliphatic heterocycles. The Labute approximate surface area is 158 Å². The van der Waals surface area contributed by atoms with Gasteiger partial charge < -0.3 is 21.7 Å². The molecule has 0 rings (SSSR count). The molecule has 0 fully saturated rings. The number of ketones is 2. The van der Waals surface area contributed by atoms with Crippen LogP contribution in [-0.4, -0.2) is 68.6 Å². The van der Waals surface area contributed by atoms with Crippen LogP contribution in [-0.2, 0) is 24.0 Å². The fraction of sp³-hybridized carbons (Fsp3) is 0.688. The molecule has 27 heavy (non-hydrogen) atoms. The topological polar surface area (TPSA) is 172 Å². The molecule has 11 nitrogen and oxygen atoms in total. The normalized spacial score (nSPS) is 10.1. The van der Waals surface area contributed by atoms with Crippen molar-refractivity contribution < 1.29 is 24.0 Å². The zero-order chi connectivity index (χ0) is 20.5. The van der Waals surface area contributed by atoms with E-state index in [4.69, 9.17) is 5.73 Å². The lowest BCUT2D eigenvalue weighted by atomic mass is 10.2. The molecule has 0 saturated heterocycles. The van der Waals surface area contributed by atoms with Crippen LogP contribution in [0.15, 0.2) is 0 Å². The summed E-state index contributed by atoms with van der Waals surface area (Å²) in [7, 11) is 0. The third-order valence-electron chi connectivity index (χ3n) is 3.37. The summed E-state index contributed by atoms with van der Waals surface area (Å²) < 4.78 is 0. The van der Waals surface area contributed by atoms with Crippen LogP contribution in [0.5, 0.6) is 0 Å². The van der Waals surface area contributed by atoms with Gasteiger partial charge in [-0.2, -0.15) is 0 Å². The van der Waals surface area contributed by atoms with Gasteiger partial charge >= 0.3 is 0 Å².